The highest BCUT2D eigenvalue weighted by atomic mass is 32.2. The van der Waals surface area contributed by atoms with Gasteiger partial charge in [-0.3, -0.25) is 9.59 Å². The molecule has 10 nitrogen and oxygen atoms in total. The monoisotopic (exact) mass is 603 g/mol. The number of benzene rings is 2. The van der Waals surface area contributed by atoms with Gasteiger partial charge in [-0.25, -0.2) is 8.42 Å². The minimum absolute atomic E-state index is 0.102. The number of thiazole rings is 1. The number of rotatable bonds is 11. The fraction of sp³-hybridized carbons (Fsp3) is 0.483. The fourth-order valence-electron chi connectivity index (χ4n) is 4.50. The predicted octanol–water partition coefficient (Wildman–Crippen LogP) is 4.47. The van der Waals surface area contributed by atoms with Crippen molar-refractivity contribution in [2.75, 3.05) is 32.9 Å². The summed E-state index contributed by atoms with van der Waals surface area (Å²) in [4.78, 5) is 30.3. The van der Waals surface area contributed by atoms with Crippen LogP contribution in [0.1, 0.15) is 51.4 Å². The maximum atomic E-state index is 13.4. The molecule has 222 valence electrons. The van der Waals surface area contributed by atoms with Crippen LogP contribution in [-0.2, 0) is 26.1 Å². The Kier molecular flexibility index (Phi) is 9.88. The maximum Gasteiger partial charge on any atom is 0.307 e. The number of hydrogen-bond acceptors (Lipinski definition) is 8. The zero-order valence-corrected chi connectivity index (χ0v) is 25.7. The average Bonchev–Trinajstić information content (AvgIpc) is 3.25. The van der Waals surface area contributed by atoms with Crippen LogP contribution >= 0.6 is 11.3 Å². The molecule has 0 fully saturated rings. The number of sulfonamides is 1. The Morgan fingerprint density at radius 3 is 2.22 bits per heavy atom. The van der Waals surface area contributed by atoms with Gasteiger partial charge in [-0.1, -0.05) is 39.0 Å². The van der Waals surface area contributed by atoms with Crippen LogP contribution in [0.3, 0.4) is 0 Å². The van der Waals surface area contributed by atoms with Crippen LogP contribution in [0.4, 0.5) is 0 Å². The molecule has 0 atom stereocenters. The topological polar surface area (TPSA) is 117 Å². The number of aryl methyl sites for hydroxylation is 1. The van der Waals surface area contributed by atoms with E-state index in [9.17, 15) is 18.0 Å². The van der Waals surface area contributed by atoms with Gasteiger partial charge in [0, 0.05) is 37.3 Å². The summed E-state index contributed by atoms with van der Waals surface area (Å²) in [6, 6.07) is 9.55. The highest BCUT2D eigenvalue weighted by Crippen LogP contribution is 2.35. The molecule has 0 saturated heterocycles. The SMILES string of the molecule is CCOC(=O)CCn1c(=NC(=O)c2ccc(S(=O)(=O)N(CC(C)C)CC(C)C)cc2)sc2cc3c(cc21)OCCO3. The van der Waals surface area contributed by atoms with Gasteiger partial charge in [0.15, 0.2) is 16.3 Å². The van der Waals surface area contributed by atoms with Crippen LogP contribution in [0.15, 0.2) is 46.3 Å². The highest BCUT2D eigenvalue weighted by Gasteiger charge is 2.26. The summed E-state index contributed by atoms with van der Waals surface area (Å²) in [6.45, 7) is 11.9. The highest BCUT2D eigenvalue weighted by molar-refractivity contribution is 7.89. The molecule has 0 aliphatic carbocycles. The lowest BCUT2D eigenvalue weighted by Gasteiger charge is -2.25. The van der Waals surface area contributed by atoms with Gasteiger partial charge in [0.2, 0.25) is 10.0 Å². The second-order valence-electron chi connectivity index (χ2n) is 10.6. The van der Waals surface area contributed by atoms with Gasteiger partial charge in [0.1, 0.15) is 13.2 Å². The number of esters is 1. The van der Waals surface area contributed by atoms with Crippen molar-refractivity contribution in [3.8, 4) is 11.5 Å². The summed E-state index contributed by atoms with van der Waals surface area (Å²) >= 11 is 1.29. The first-order valence-electron chi connectivity index (χ1n) is 13.8. The van der Waals surface area contributed by atoms with E-state index in [1.54, 1.807) is 11.5 Å². The Bertz CT molecular complexity index is 1560. The van der Waals surface area contributed by atoms with Crippen LogP contribution in [0.5, 0.6) is 11.5 Å². The van der Waals surface area contributed by atoms with E-state index < -0.39 is 15.9 Å². The number of carbonyl (C=O) groups is 2. The Balaban J connectivity index is 1.67. The largest absolute Gasteiger partial charge is 0.486 e. The van der Waals surface area contributed by atoms with Crippen LogP contribution in [0.25, 0.3) is 10.2 Å². The number of aromatic nitrogens is 1. The first-order valence-corrected chi connectivity index (χ1v) is 16.0. The van der Waals surface area contributed by atoms with Crippen LogP contribution in [0, 0.1) is 11.8 Å². The third-order valence-corrected chi connectivity index (χ3v) is 9.15. The van der Waals surface area contributed by atoms with Gasteiger partial charge in [-0.15, -0.1) is 0 Å². The molecule has 41 heavy (non-hydrogen) atoms. The third kappa shape index (κ3) is 7.35. The molecule has 0 radical (unpaired) electrons. The van der Waals surface area contributed by atoms with E-state index in [1.165, 1.54) is 39.9 Å². The zero-order chi connectivity index (χ0) is 29.7. The zero-order valence-electron chi connectivity index (χ0n) is 24.1. The molecule has 4 rings (SSSR count). The van der Waals surface area contributed by atoms with Gasteiger partial charge < -0.3 is 18.8 Å². The van der Waals surface area contributed by atoms with E-state index in [1.807, 2.05) is 39.8 Å². The molecule has 0 spiro atoms. The van der Waals surface area contributed by atoms with Crippen molar-refractivity contribution in [1.29, 1.82) is 0 Å². The standard InChI is InChI=1S/C29H37N3O7S2/c1-6-37-27(33)11-12-32-23-15-24-25(39-14-13-38-24)16-26(23)40-29(32)30-28(34)21-7-9-22(10-8-21)41(35,36)31(17-19(2)3)18-20(4)5/h7-10,15-16,19-20H,6,11-14,17-18H2,1-5H3. The molecule has 0 unspecified atom stereocenters. The third-order valence-electron chi connectivity index (χ3n) is 6.27. The summed E-state index contributed by atoms with van der Waals surface area (Å²) in [5, 5.41) is 0. The molecule has 2 aromatic carbocycles. The van der Waals surface area contributed by atoms with E-state index in [2.05, 4.69) is 4.99 Å². The Labute approximate surface area is 244 Å². The molecule has 0 saturated carbocycles. The average molecular weight is 604 g/mol. The molecule has 1 amide bonds. The van der Waals surface area contributed by atoms with Gasteiger partial charge >= 0.3 is 5.97 Å². The smallest absolute Gasteiger partial charge is 0.307 e. The van der Waals surface area contributed by atoms with Crippen LogP contribution < -0.4 is 14.3 Å². The quantitative estimate of drug-likeness (QED) is 0.297. The molecule has 12 heteroatoms. The lowest BCUT2D eigenvalue weighted by atomic mass is 10.2. The summed E-state index contributed by atoms with van der Waals surface area (Å²) < 4.78 is 47.4. The molecule has 0 bridgehead atoms. The first-order chi connectivity index (χ1) is 19.5. The first kappa shape index (κ1) is 30.7. The van der Waals surface area contributed by atoms with Crippen molar-refractivity contribution in [3.05, 3.63) is 46.8 Å². The van der Waals surface area contributed by atoms with Gasteiger partial charge in [-0.05, 0) is 43.0 Å². The minimum Gasteiger partial charge on any atom is -0.486 e. The molecule has 1 aliphatic heterocycles. The Hall–Kier alpha value is -3.22. The van der Waals surface area contributed by atoms with Crippen molar-refractivity contribution in [3.63, 3.8) is 0 Å². The van der Waals surface area contributed by atoms with Crippen LogP contribution in [0.2, 0.25) is 0 Å². The number of nitrogens with zero attached hydrogens (tertiary/aromatic N) is 3. The van der Waals surface area contributed by atoms with E-state index in [0.29, 0.717) is 42.6 Å². The van der Waals surface area contributed by atoms with Gasteiger partial charge in [0.05, 0.1) is 28.1 Å². The normalized spacial score (nSPS) is 13.9. The molecule has 3 aromatic rings. The molecule has 1 aliphatic rings. The predicted molar refractivity (Wildman–Crippen MR) is 157 cm³/mol. The number of amides is 1. The van der Waals surface area contributed by atoms with Crippen molar-refractivity contribution < 1.29 is 32.2 Å². The molecular weight excluding hydrogens is 566 g/mol. The summed E-state index contributed by atoms with van der Waals surface area (Å²) in [5.74, 6) is 0.664. The molecule has 0 N–H and O–H groups in total. The van der Waals surface area contributed by atoms with Crippen molar-refractivity contribution in [2.45, 2.75) is 52.5 Å². The minimum atomic E-state index is -3.72. The molecule has 2 heterocycles. The lowest BCUT2D eigenvalue weighted by molar-refractivity contribution is -0.143. The lowest BCUT2D eigenvalue weighted by Crippen LogP contribution is -2.37. The van der Waals surface area contributed by atoms with Gasteiger partial charge in [-0.2, -0.15) is 9.30 Å². The number of fused-ring (bicyclic) bond motifs is 2. The summed E-state index contributed by atoms with van der Waals surface area (Å²) in [5.41, 5.74) is 1.01. The van der Waals surface area contributed by atoms with Crippen molar-refractivity contribution in [2.24, 2.45) is 16.8 Å². The number of carbonyl (C=O) groups excluding carboxylic acids is 2. The second-order valence-corrected chi connectivity index (χ2v) is 13.6. The van der Waals surface area contributed by atoms with Crippen molar-refractivity contribution >= 4 is 43.5 Å². The fourth-order valence-corrected chi connectivity index (χ4v) is 7.33. The van der Waals surface area contributed by atoms with E-state index in [-0.39, 0.29) is 47.8 Å². The molecule has 1 aromatic heterocycles. The maximum absolute atomic E-state index is 13.4. The van der Waals surface area contributed by atoms with Crippen molar-refractivity contribution in [1.82, 2.24) is 8.87 Å². The van der Waals surface area contributed by atoms with E-state index >= 15 is 0 Å². The summed E-state index contributed by atoms with van der Waals surface area (Å²) in [6.07, 6.45) is 0.102. The second kappa shape index (κ2) is 13.2. The number of hydrogen-bond donors (Lipinski definition) is 0. The number of ether oxygens (including phenoxy) is 3. The van der Waals surface area contributed by atoms with Gasteiger partial charge in [0.25, 0.3) is 5.91 Å². The Morgan fingerprint density at radius 2 is 1.63 bits per heavy atom. The summed E-state index contributed by atoms with van der Waals surface area (Å²) in [7, 11) is -3.72. The van der Waals surface area contributed by atoms with E-state index in [0.717, 1.165) is 10.2 Å². The van der Waals surface area contributed by atoms with Crippen LogP contribution in [-0.4, -0.2) is 62.1 Å². The molecular formula is C29H37N3O7S2. The Morgan fingerprint density at radius 1 is 1.02 bits per heavy atom. The van der Waals surface area contributed by atoms with E-state index in [4.69, 9.17) is 14.2 Å².